The zero-order valence-electron chi connectivity index (χ0n) is 20.7. The Morgan fingerprint density at radius 2 is 1.78 bits per heavy atom. The predicted octanol–water partition coefficient (Wildman–Crippen LogP) is 4.13. The maximum Gasteiger partial charge on any atom is 0.325 e. The van der Waals surface area contributed by atoms with Crippen LogP contribution >= 0.6 is 0 Å². The summed E-state index contributed by atoms with van der Waals surface area (Å²) < 4.78 is 11.6. The molecule has 4 amide bonds. The number of carbonyl (C=O) groups is 3. The van der Waals surface area contributed by atoms with Crippen LogP contribution in [0, 0.1) is 0 Å². The van der Waals surface area contributed by atoms with Gasteiger partial charge in [0, 0.05) is 13.0 Å². The third-order valence-electron chi connectivity index (χ3n) is 7.63. The van der Waals surface area contributed by atoms with Gasteiger partial charge < -0.3 is 19.7 Å². The maximum atomic E-state index is 13.6. The average molecular weight is 500 g/mol. The van der Waals surface area contributed by atoms with Crippen LogP contribution in [0.3, 0.4) is 0 Å². The van der Waals surface area contributed by atoms with Crippen LogP contribution in [0.2, 0.25) is 0 Å². The van der Waals surface area contributed by atoms with Crippen molar-refractivity contribution in [3.05, 3.63) is 71.8 Å². The van der Waals surface area contributed by atoms with Gasteiger partial charge in [0.2, 0.25) is 5.91 Å². The number of nitrogens with zero attached hydrogens (tertiary/aromatic N) is 2. The lowest BCUT2D eigenvalue weighted by molar-refractivity contribution is -0.139. The largest absolute Gasteiger partial charge is 0.490 e. The van der Waals surface area contributed by atoms with E-state index in [1.54, 1.807) is 11.8 Å². The van der Waals surface area contributed by atoms with Gasteiger partial charge in [-0.25, -0.2) is 4.79 Å². The minimum Gasteiger partial charge on any atom is -0.490 e. The lowest BCUT2D eigenvalue weighted by atomic mass is 9.88. The highest BCUT2D eigenvalue weighted by Gasteiger charge is 2.50. The van der Waals surface area contributed by atoms with E-state index in [-0.39, 0.29) is 18.5 Å². The number of carbonyl (C=O) groups excluding carboxylic acids is 3. The molecule has 6 rings (SSSR count). The Morgan fingerprint density at radius 3 is 2.65 bits per heavy atom. The zero-order chi connectivity index (χ0) is 25.6. The summed E-state index contributed by atoms with van der Waals surface area (Å²) >= 11 is 0. The molecule has 1 N–H and O–H groups in total. The second-order valence-electron chi connectivity index (χ2n) is 9.97. The van der Waals surface area contributed by atoms with Gasteiger partial charge in [0.25, 0.3) is 5.91 Å². The van der Waals surface area contributed by atoms with Gasteiger partial charge >= 0.3 is 6.03 Å². The molecule has 2 atom stereocenters. The van der Waals surface area contributed by atoms with Crippen LogP contribution in [0.15, 0.2) is 60.7 Å². The highest BCUT2D eigenvalue weighted by atomic mass is 16.5. The Labute approximate surface area is 215 Å². The van der Waals surface area contributed by atoms with Crippen molar-refractivity contribution in [3.8, 4) is 11.5 Å². The fourth-order valence-corrected chi connectivity index (χ4v) is 5.71. The number of imide groups is 1. The highest BCUT2D eigenvalue weighted by molar-refractivity contribution is 6.10. The molecule has 3 aromatic carbocycles. The number of rotatable bonds is 4. The molecule has 0 aromatic heterocycles. The molecule has 190 valence electrons. The van der Waals surface area contributed by atoms with Crippen LogP contribution in [0.4, 0.5) is 4.79 Å². The fraction of sp³-hybridized carbons (Fsp3) is 0.345. The van der Waals surface area contributed by atoms with E-state index in [4.69, 9.17) is 9.47 Å². The van der Waals surface area contributed by atoms with Crippen molar-refractivity contribution in [2.75, 3.05) is 26.3 Å². The van der Waals surface area contributed by atoms with Crippen molar-refractivity contribution in [1.29, 1.82) is 0 Å². The number of hydrogen-bond acceptors (Lipinski definition) is 5. The molecule has 0 saturated carbocycles. The molecule has 3 aliphatic heterocycles. The monoisotopic (exact) mass is 499 g/mol. The summed E-state index contributed by atoms with van der Waals surface area (Å²) in [6.45, 7) is 3.18. The molecule has 0 unspecified atom stereocenters. The topological polar surface area (TPSA) is 88.2 Å². The number of amides is 4. The number of likely N-dealkylation sites (tertiary alicyclic amines) is 1. The quantitative estimate of drug-likeness (QED) is 0.546. The van der Waals surface area contributed by atoms with Crippen molar-refractivity contribution in [2.45, 2.75) is 37.8 Å². The number of fused-ring (bicyclic) bond motifs is 2. The molecule has 8 heteroatoms. The summed E-state index contributed by atoms with van der Waals surface area (Å²) in [5.74, 6) is 0.729. The summed E-state index contributed by atoms with van der Waals surface area (Å²) in [5, 5.41) is 4.73. The van der Waals surface area contributed by atoms with Crippen molar-refractivity contribution in [1.82, 2.24) is 15.1 Å². The van der Waals surface area contributed by atoms with Crippen molar-refractivity contribution in [2.24, 2.45) is 0 Å². The molecular formula is C29H29N3O5. The SMILES string of the molecule is C[C@]1(c2cccc3ccccc23)NC(=O)N(CC(=O)N2CCC[C@H]2c2ccc3c(c2)OCCCO3)C1=O. The average Bonchev–Trinajstić information content (AvgIpc) is 3.39. The molecule has 0 aliphatic carbocycles. The number of hydrogen-bond donors (Lipinski definition) is 1. The molecule has 0 bridgehead atoms. The second-order valence-corrected chi connectivity index (χ2v) is 9.97. The second kappa shape index (κ2) is 9.10. The fourth-order valence-electron chi connectivity index (χ4n) is 5.71. The van der Waals surface area contributed by atoms with Crippen molar-refractivity contribution < 1.29 is 23.9 Å². The van der Waals surface area contributed by atoms with Gasteiger partial charge in [-0.3, -0.25) is 14.5 Å². The summed E-state index contributed by atoms with van der Waals surface area (Å²) in [6.07, 6.45) is 2.47. The number of urea groups is 1. The smallest absolute Gasteiger partial charge is 0.325 e. The van der Waals surface area contributed by atoms with Gasteiger partial charge in [0.15, 0.2) is 11.5 Å². The Kier molecular flexibility index (Phi) is 5.74. The molecule has 3 heterocycles. The summed E-state index contributed by atoms with van der Waals surface area (Å²) in [5.41, 5.74) is 0.426. The van der Waals surface area contributed by atoms with Crippen LogP contribution in [0.25, 0.3) is 10.8 Å². The Bertz CT molecular complexity index is 1400. The van der Waals surface area contributed by atoms with Crippen molar-refractivity contribution >= 4 is 28.6 Å². The van der Waals surface area contributed by atoms with E-state index < -0.39 is 17.5 Å². The van der Waals surface area contributed by atoms with Crippen LogP contribution in [0.1, 0.15) is 43.4 Å². The number of benzene rings is 3. The van der Waals surface area contributed by atoms with Crippen molar-refractivity contribution in [3.63, 3.8) is 0 Å². The maximum absolute atomic E-state index is 13.6. The van der Waals surface area contributed by atoms with E-state index in [0.29, 0.717) is 36.8 Å². The molecule has 8 nitrogen and oxygen atoms in total. The summed E-state index contributed by atoms with van der Waals surface area (Å²) in [4.78, 5) is 42.9. The van der Waals surface area contributed by atoms with E-state index in [1.165, 1.54) is 0 Å². The van der Waals surface area contributed by atoms with Gasteiger partial charge in [-0.05, 0) is 53.8 Å². The summed E-state index contributed by atoms with van der Waals surface area (Å²) in [6, 6.07) is 18.6. The minimum absolute atomic E-state index is 0.144. The normalized spacial score (nSPS) is 23.3. The first-order valence-electron chi connectivity index (χ1n) is 12.8. The predicted molar refractivity (Wildman–Crippen MR) is 137 cm³/mol. The Hall–Kier alpha value is -4.07. The standard InChI is InChI=1S/C29H29N3O5/c1-29(22-10-4-8-19-7-2-3-9-21(19)22)27(34)32(28(35)30-29)18-26(33)31-14-5-11-23(31)20-12-13-24-25(17-20)37-16-6-15-36-24/h2-4,7-10,12-13,17,23H,5-6,11,14-16,18H2,1H3,(H,30,35)/t23-,29+/m0/s1. The number of ether oxygens (including phenoxy) is 2. The minimum atomic E-state index is -1.25. The molecule has 0 spiro atoms. The van der Waals surface area contributed by atoms with Crippen LogP contribution in [-0.4, -0.2) is 53.9 Å². The lowest BCUT2D eigenvalue weighted by Crippen LogP contribution is -2.44. The molecule has 2 saturated heterocycles. The highest BCUT2D eigenvalue weighted by Crippen LogP contribution is 2.39. The zero-order valence-corrected chi connectivity index (χ0v) is 20.7. The Morgan fingerprint density at radius 1 is 1.00 bits per heavy atom. The molecule has 3 aromatic rings. The molecular weight excluding hydrogens is 470 g/mol. The first-order valence-corrected chi connectivity index (χ1v) is 12.8. The Balaban J connectivity index is 1.23. The lowest BCUT2D eigenvalue weighted by Gasteiger charge is -2.28. The van der Waals surface area contributed by atoms with Gasteiger partial charge in [-0.2, -0.15) is 0 Å². The molecule has 2 fully saturated rings. The van der Waals surface area contributed by atoms with Gasteiger partial charge in [-0.1, -0.05) is 48.5 Å². The number of nitrogens with one attached hydrogen (secondary N) is 1. The summed E-state index contributed by atoms with van der Waals surface area (Å²) in [7, 11) is 0. The van der Waals surface area contributed by atoms with E-state index in [1.807, 2.05) is 60.7 Å². The molecule has 0 radical (unpaired) electrons. The third kappa shape index (κ3) is 3.97. The van der Waals surface area contributed by atoms with E-state index in [2.05, 4.69) is 5.32 Å². The first-order chi connectivity index (χ1) is 18.0. The van der Waals surface area contributed by atoms with Crippen LogP contribution < -0.4 is 14.8 Å². The third-order valence-corrected chi connectivity index (χ3v) is 7.63. The van der Waals surface area contributed by atoms with E-state index in [0.717, 1.165) is 40.5 Å². The molecule has 37 heavy (non-hydrogen) atoms. The van der Waals surface area contributed by atoms with Gasteiger partial charge in [-0.15, -0.1) is 0 Å². The van der Waals surface area contributed by atoms with E-state index in [9.17, 15) is 14.4 Å². The van der Waals surface area contributed by atoms with Crippen LogP contribution in [0.5, 0.6) is 11.5 Å². The van der Waals surface area contributed by atoms with Gasteiger partial charge in [0.05, 0.1) is 19.3 Å². The first kappa shape index (κ1) is 23.3. The van der Waals surface area contributed by atoms with Crippen LogP contribution in [-0.2, 0) is 15.1 Å². The van der Waals surface area contributed by atoms with E-state index >= 15 is 0 Å². The van der Waals surface area contributed by atoms with Gasteiger partial charge in [0.1, 0.15) is 12.1 Å². The molecule has 3 aliphatic rings.